The van der Waals surface area contributed by atoms with E-state index in [4.69, 9.17) is 9.47 Å². The van der Waals surface area contributed by atoms with E-state index in [0.717, 1.165) is 6.42 Å². The van der Waals surface area contributed by atoms with Gasteiger partial charge in [0.15, 0.2) is 0 Å². The summed E-state index contributed by atoms with van der Waals surface area (Å²) in [6, 6.07) is 1.64. The van der Waals surface area contributed by atoms with E-state index in [1.165, 1.54) is 0 Å². The number of amides is 1. The Morgan fingerprint density at radius 3 is 2.52 bits per heavy atom. The van der Waals surface area contributed by atoms with E-state index in [-0.39, 0.29) is 6.04 Å². The number of anilines is 1. The Hall–Kier alpha value is -2.18. The Balaban J connectivity index is 2.69. The van der Waals surface area contributed by atoms with E-state index in [1.807, 2.05) is 20.8 Å². The van der Waals surface area contributed by atoms with Crippen LogP contribution in [0.3, 0.4) is 0 Å². The number of aromatic amines is 1. The highest BCUT2D eigenvalue weighted by Crippen LogP contribution is 2.16. The van der Waals surface area contributed by atoms with Gasteiger partial charge in [0, 0.05) is 18.8 Å². The highest BCUT2D eigenvalue weighted by molar-refractivity contribution is 5.93. The maximum Gasteiger partial charge on any atom is 0.407 e. The van der Waals surface area contributed by atoms with Crippen molar-refractivity contribution in [1.82, 2.24) is 10.3 Å². The van der Waals surface area contributed by atoms with Gasteiger partial charge in [-0.15, -0.1) is 0 Å². The molecule has 1 amide bonds. The summed E-state index contributed by atoms with van der Waals surface area (Å²) in [4.78, 5) is 26.8. The molecule has 1 atom stereocenters. The molecule has 0 aliphatic carbocycles. The van der Waals surface area contributed by atoms with Gasteiger partial charge in [-0.05, 0) is 46.1 Å². The van der Waals surface area contributed by atoms with Gasteiger partial charge in [0.2, 0.25) is 0 Å². The lowest BCUT2D eigenvalue weighted by atomic mass is 10.0. The number of rotatable bonds is 8. The number of carbonyl (C=O) groups is 2. The summed E-state index contributed by atoms with van der Waals surface area (Å²) in [5.74, 6) is -0.00648. The Bertz CT molecular complexity index is 561. The van der Waals surface area contributed by atoms with E-state index in [0.29, 0.717) is 30.5 Å². The fraction of sp³-hybridized carbons (Fsp3) is 0.667. The average molecular weight is 353 g/mol. The van der Waals surface area contributed by atoms with Crippen LogP contribution in [0.2, 0.25) is 0 Å². The van der Waals surface area contributed by atoms with E-state index in [9.17, 15) is 9.59 Å². The number of esters is 1. The Morgan fingerprint density at radius 2 is 1.96 bits per heavy atom. The van der Waals surface area contributed by atoms with Crippen molar-refractivity contribution < 1.29 is 19.1 Å². The summed E-state index contributed by atoms with van der Waals surface area (Å²) in [7, 11) is 0. The molecular formula is C18H31N3O4. The lowest BCUT2D eigenvalue weighted by Crippen LogP contribution is -2.43. The van der Waals surface area contributed by atoms with Crippen molar-refractivity contribution >= 4 is 17.7 Å². The van der Waals surface area contributed by atoms with Crippen LogP contribution in [-0.2, 0) is 9.47 Å². The van der Waals surface area contributed by atoms with Gasteiger partial charge >= 0.3 is 12.1 Å². The number of ether oxygens (including phenoxy) is 2. The minimum absolute atomic E-state index is 0.125. The van der Waals surface area contributed by atoms with Crippen molar-refractivity contribution in [3.8, 4) is 0 Å². The summed E-state index contributed by atoms with van der Waals surface area (Å²) < 4.78 is 10.3. The number of alkyl carbamates (subject to hydrolysis) is 1. The first kappa shape index (κ1) is 20.9. The van der Waals surface area contributed by atoms with E-state index in [1.54, 1.807) is 19.2 Å². The average Bonchev–Trinajstić information content (AvgIpc) is 2.90. The van der Waals surface area contributed by atoms with Gasteiger partial charge in [0.1, 0.15) is 11.3 Å². The number of carbonyl (C=O) groups excluding carboxylic acids is 2. The summed E-state index contributed by atoms with van der Waals surface area (Å²) >= 11 is 0. The maximum atomic E-state index is 12.0. The second-order valence-corrected chi connectivity index (χ2v) is 7.34. The number of aromatic nitrogens is 1. The van der Waals surface area contributed by atoms with Crippen LogP contribution in [0, 0.1) is 5.92 Å². The molecule has 1 aromatic rings. The fourth-order valence-corrected chi connectivity index (χ4v) is 2.36. The number of hydrogen-bond acceptors (Lipinski definition) is 5. The molecule has 0 aliphatic heterocycles. The Morgan fingerprint density at radius 1 is 1.28 bits per heavy atom. The molecule has 0 saturated carbocycles. The largest absolute Gasteiger partial charge is 0.461 e. The molecule has 7 heteroatoms. The molecule has 0 unspecified atom stereocenters. The molecule has 25 heavy (non-hydrogen) atoms. The minimum atomic E-state index is -0.544. The van der Waals surface area contributed by atoms with Crippen molar-refractivity contribution in [2.75, 3.05) is 18.5 Å². The summed E-state index contributed by atoms with van der Waals surface area (Å²) in [6.45, 7) is 12.2. The van der Waals surface area contributed by atoms with Crippen LogP contribution in [0.4, 0.5) is 10.5 Å². The third-order valence-electron chi connectivity index (χ3n) is 3.24. The van der Waals surface area contributed by atoms with Crippen molar-refractivity contribution in [2.24, 2.45) is 5.92 Å². The molecule has 3 N–H and O–H groups in total. The minimum Gasteiger partial charge on any atom is -0.461 e. The molecule has 0 saturated heterocycles. The molecule has 0 fully saturated rings. The molecule has 142 valence electrons. The standard InChI is InChI=1S/C18H31N3O4/c1-7-24-16(22)15-14(8-9-19-15)20-11-13(10-12(2)3)21-17(23)25-18(4,5)6/h8-9,12-13,19-20H,7,10-11H2,1-6H3,(H,21,23)/t13-/m0/s1. The van der Waals surface area contributed by atoms with E-state index >= 15 is 0 Å². The SMILES string of the molecule is CCOC(=O)c1[nH]ccc1NC[C@H](CC(C)C)NC(=O)OC(C)(C)C. The molecule has 1 rings (SSSR count). The molecule has 0 aliphatic rings. The van der Waals surface area contributed by atoms with Gasteiger partial charge in [0.05, 0.1) is 12.3 Å². The monoisotopic (exact) mass is 353 g/mol. The zero-order valence-corrected chi connectivity index (χ0v) is 16.1. The van der Waals surface area contributed by atoms with Crippen LogP contribution < -0.4 is 10.6 Å². The van der Waals surface area contributed by atoms with Crippen molar-refractivity contribution in [1.29, 1.82) is 0 Å². The Labute approximate surface area is 149 Å². The normalized spacial score (nSPS) is 12.6. The number of hydrogen-bond donors (Lipinski definition) is 3. The fourth-order valence-electron chi connectivity index (χ4n) is 2.36. The Kier molecular flexibility index (Phi) is 7.80. The predicted molar refractivity (Wildman–Crippen MR) is 97.9 cm³/mol. The molecule has 7 nitrogen and oxygen atoms in total. The molecular weight excluding hydrogens is 322 g/mol. The van der Waals surface area contributed by atoms with Gasteiger partial charge in [-0.2, -0.15) is 0 Å². The second kappa shape index (κ2) is 9.34. The lowest BCUT2D eigenvalue weighted by Gasteiger charge is -2.25. The van der Waals surface area contributed by atoms with Gasteiger partial charge in [-0.1, -0.05) is 13.8 Å². The van der Waals surface area contributed by atoms with Gasteiger partial charge in [-0.25, -0.2) is 9.59 Å². The first-order chi connectivity index (χ1) is 11.6. The summed E-state index contributed by atoms with van der Waals surface area (Å²) in [5, 5.41) is 6.10. The third kappa shape index (κ3) is 7.96. The van der Waals surface area contributed by atoms with Crippen molar-refractivity contribution in [3.63, 3.8) is 0 Å². The van der Waals surface area contributed by atoms with E-state index in [2.05, 4.69) is 29.5 Å². The van der Waals surface area contributed by atoms with Gasteiger partial charge < -0.3 is 25.1 Å². The van der Waals surface area contributed by atoms with Crippen LogP contribution in [0.5, 0.6) is 0 Å². The topological polar surface area (TPSA) is 92.5 Å². The number of nitrogens with one attached hydrogen (secondary N) is 3. The van der Waals surface area contributed by atoms with E-state index < -0.39 is 17.7 Å². The predicted octanol–water partition coefficient (Wildman–Crippen LogP) is 3.54. The molecule has 0 radical (unpaired) electrons. The van der Waals surface area contributed by atoms with Crippen LogP contribution in [0.1, 0.15) is 58.5 Å². The highest BCUT2D eigenvalue weighted by Gasteiger charge is 2.21. The molecule has 1 heterocycles. The summed E-state index contributed by atoms with van der Waals surface area (Å²) in [5.41, 5.74) is 0.484. The van der Waals surface area contributed by atoms with Crippen LogP contribution in [0.15, 0.2) is 12.3 Å². The molecule has 0 spiro atoms. The third-order valence-corrected chi connectivity index (χ3v) is 3.24. The van der Waals surface area contributed by atoms with Crippen molar-refractivity contribution in [3.05, 3.63) is 18.0 Å². The maximum absolute atomic E-state index is 12.0. The first-order valence-electron chi connectivity index (χ1n) is 8.70. The lowest BCUT2D eigenvalue weighted by molar-refractivity contribution is 0.0495. The van der Waals surface area contributed by atoms with Gasteiger partial charge in [0.25, 0.3) is 0 Å². The molecule has 1 aromatic heterocycles. The molecule has 0 bridgehead atoms. The molecule has 0 aromatic carbocycles. The zero-order valence-electron chi connectivity index (χ0n) is 16.1. The van der Waals surface area contributed by atoms with Gasteiger partial charge in [-0.3, -0.25) is 0 Å². The number of H-pyrrole nitrogens is 1. The quantitative estimate of drug-likeness (QED) is 0.622. The van der Waals surface area contributed by atoms with Crippen LogP contribution in [-0.4, -0.2) is 41.8 Å². The first-order valence-corrected chi connectivity index (χ1v) is 8.70. The second-order valence-electron chi connectivity index (χ2n) is 7.34. The van der Waals surface area contributed by atoms with Crippen LogP contribution >= 0.6 is 0 Å². The zero-order chi connectivity index (χ0) is 19.0. The summed E-state index contributed by atoms with van der Waals surface area (Å²) in [6.07, 6.45) is 2.01. The van der Waals surface area contributed by atoms with Crippen LogP contribution in [0.25, 0.3) is 0 Å². The van der Waals surface area contributed by atoms with Crippen molar-refractivity contribution in [2.45, 2.75) is 59.6 Å². The highest BCUT2D eigenvalue weighted by atomic mass is 16.6. The smallest absolute Gasteiger partial charge is 0.407 e.